The predicted molar refractivity (Wildman–Crippen MR) is 77.8 cm³/mol. The zero-order chi connectivity index (χ0) is 14.3. The third-order valence-corrected chi connectivity index (χ3v) is 2.67. The number of aliphatic hydroxyl groups is 1. The van der Waals surface area contributed by atoms with E-state index in [2.05, 4.69) is 6.92 Å². The van der Waals surface area contributed by atoms with Gasteiger partial charge in [0.05, 0.1) is 19.3 Å². The Labute approximate surface area is 114 Å². The zero-order valence-electron chi connectivity index (χ0n) is 11.9. The summed E-state index contributed by atoms with van der Waals surface area (Å²) in [6, 6.07) is 5.59. The van der Waals surface area contributed by atoms with E-state index in [0.29, 0.717) is 25.4 Å². The second-order valence-corrected chi connectivity index (χ2v) is 4.60. The second kappa shape index (κ2) is 7.86. The summed E-state index contributed by atoms with van der Waals surface area (Å²) in [6.07, 6.45) is 0.420. The smallest absolute Gasteiger partial charge is 0.123 e. The minimum Gasteiger partial charge on any atom is -0.493 e. The first-order valence-corrected chi connectivity index (χ1v) is 6.48. The van der Waals surface area contributed by atoms with Gasteiger partial charge in [0.2, 0.25) is 0 Å². The van der Waals surface area contributed by atoms with Gasteiger partial charge in [-0.05, 0) is 12.5 Å². The van der Waals surface area contributed by atoms with Crippen LogP contribution in [0.3, 0.4) is 0 Å². The Morgan fingerprint density at radius 2 is 2.11 bits per heavy atom. The van der Waals surface area contributed by atoms with Crippen LogP contribution in [0.2, 0.25) is 0 Å². The van der Waals surface area contributed by atoms with E-state index in [-0.39, 0.29) is 0 Å². The molecule has 3 N–H and O–H groups in total. The lowest BCUT2D eigenvalue weighted by atomic mass is 10.2. The van der Waals surface area contributed by atoms with Crippen molar-refractivity contribution in [2.45, 2.75) is 19.4 Å². The fraction of sp³-hybridized carbons (Fsp3) is 0.571. The first-order valence-electron chi connectivity index (χ1n) is 6.48. The molecular weight excluding hydrogens is 244 g/mol. The lowest BCUT2D eigenvalue weighted by molar-refractivity contribution is 0.0695. The molecule has 1 unspecified atom stereocenters. The van der Waals surface area contributed by atoms with Crippen LogP contribution in [0.4, 0.5) is 11.4 Å². The number of nitrogens with zero attached hydrogens (tertiary/aromatic N) is 1. The van der Waals surface area contributed by atoms with Crippen molar-refractivity contribution in [2.24, 2.45) is 0 Å². The molecule has 1 aromatic carbocycles. The number of anilines is 2. The highest BCUT2D eigenvalue weighted by Gasteiger charge is 2.10. The Morgan fingerprint density at radius 3 is 2.74 bits per heavy atom. The molecule has 0 aliphatic heterocycles. The van der Waals surface area contributed by atoms with E-state index in [1.807, 2.05) is 24.1 Å². The van der Waals surface area contributed by atoms with Crippen LogP contribution in [0.1, 0.15) is 13.3 Å². The van der Waals surface area contributed by atoms with Crippen molar-refractivity contribution >= 4 is 11.4 Å². The molecule has 0 aliphatic carbocycles. The molecule has 0 fully saturated rings. The van der Waals surface area contributed by atoms with Crippen molar-refractivity contribution in [3.8, 4) is 5.75 Å². The van der Waals surface area contributed by atoms with Gasteiger partial charge in [-0.2, -0.15) is 0 Å². The molecular formula is C14H24N2O3. The number of nitrogen functional groups attached to an aromatic ring is 1. The molecule has 19 heavy (non-hydrogen) atoms. The van der Waals surface area contributed by atoms with Gasteiger partial charge in [0.15, 0.2) is 0 Å². The monoisotopic (exact) mass is 268 g/mol. The molecule has 0 saturated carbocycles. The van der Waals surface area contributed by atoms with Gasteiger partial charge < -0.3 is 25.2 Å². The fourth-order valence-electron chi connectivity index (χ4n) is 1.80. The van der Waals surface area contributed by atoms with Gasteiger partial charge in [-0.1, -0.05) is 6.92 Å². The van der Waals surface area contributed by atoms with Crippen LogP contribution in [0.25, 0.3) is 0 Å². The molecule has 5 nitrogen and oxygen atoms in total. The number of hydrogen-bond donors (Lipinski definition) is 2. The summed E-state index contributed by atoms with van der Waals surface area (Å²) in [5, 5.41) is 9.73. The van der Waals surface area contributed by atoms with Crippen LogP contribution in [-0.2, 0) is 4.74 Å². The maximum Gasteiger partial charge on any atom is 0.123 e. The largest absolute Gasteiger partial charge is 0.493 e. The number of ether oxygens (including phenoxy) is 2. The molecule has 0 bridgehead atoms. The van der Waals surface area contributed by atoms with Crippen molar-refractivity contribution in [3.05, 3.63) is 18.2 Å². The second-order valence-electron chi connectivity index (χ2n) is 4.60. The SMILES string of the molecule is CCCOc1cc(N)cc(N(C)CC(O)COC)c1. The van der Waals surface area contributed by atoms with E-state index in [1.165, 1.54) is 0 Å². The van der Waals surface area contributed by atoms with Crippen LogP contribution < -0.4 is 15.4 Å². The van der Waals surface area contributed by atoms with Crippen molar-refractivity contribution < 1.29 is 14.6 Å². The third-order valence-electron chi connectivity index (χ3n) is 2.67. The summed E-state index contributed by atoms with van der Waals surface area (Å²) >= 11 is 0. The van der Waals surface area contributed by atoms with Crippen LogP contribution in [0.5, 0.6) is 5.75 Å². The summed E-state index contributed by atoms with van der Waals surface area (Å²) in [5.74, 6) is 0.755. The highest BCUT2D eigenvalue weighted by Crippen LogP contribution is 2.25. The highest BCUT2D eigenvalue weighted by molar-refractivity contribution is 5.60. The van der Waals surface area contributed by atoms with Crippen molar-refractivity contribution in [1.82, 2.24) is 0 Å². The van der Waals surface area contributed by atoms with E-state index >= 15 is 0 Å². The van der Waals surface area contributed by atoms with Crippen molar-refractivity contribution in [1.29, 1.82) is 0 Å². The molecule has 108 valence electrons. The Bertz CT molecular complexity index is 385. The molecule has 1 atom stereocenters. The quantitative estimate of drug-likeness (QED) is 0.699. The first-order chi connectivity index (χ1) is 9.06. The number of nitrogens with two attached hydrogens (primary N) is 1. The maximum absolute atomic E-state index is 9.73. The third kappa shape index (κ3) is 5.36. The van der Waals surface area contributed by atoms with Gasteiger partial charge in [-0.25, -0.2) is 0 Å². The summed E-state index contributed by atoms with van der Waals surface area (Å²) in [5.41, 5.74) is 7.43. The summed E-state index contributed by atoms with van der Waals surface area (Å²) in [7, 11) is 3.47. The molecule has 5 heteroatoms. The van der Waals surface area contributed by atoms with E-state index in [1.54, 1.807) is 13.2 Å². The Kier molecular flexibility index (Phi) is 6.45. The lowest BCUT2D eigenvalue weighted by Crippen LogP contribution is -2.31. The fourth-order valence-corrected chi connectivity index (χ4v) is 1.80. The van der Waals surface area contributed by atoms with Gasteiger partial charge in [-0.15, -0.1) is 0 Å². The number of aliphatic hydroxyl groups excluding tert-OH is 1. The topological polar surface area (TPSA) is 68.0 Å². The van der Waals surface area contributed by atoms with Crippen LogP contribution in [0, 0.1) is 0 Å². The summed E-state index contributed by atoms with van der Waals surface area (Å²) in [4.78, 5) is 1.93. The number of benzene rings is 1. The average molecular weight is 268 g/mol. The maximum atomic E-state index is 9.73. The van der Waals surface area contributed by atoms with Crippen molar-refractivity contribution in [2.75, 3.05) is 44.5 Å². The number of methoxy groups -OCH3 is 1. The van der Waals surface area contributed by atoms with Gasteiger partial charge in [0.1, 0.15) is 5.75 Å². The molecule has 1 rings (SSSR count). The van der Waals surface area contributed by atoms with Gasteiger partial charge in [0, 0.05) is 44.2 Å². The van der Waals surface area contributed by atoms with Gasteiger partial charge in [0.25, 0.3) is 0 Å². The van der Waals surface area contributed by atoms with Gasteiger partial charge in [-0.3, -0.25) is 0 Å². The summed E-state index contributed by atoms with van der Waals surface area (Å²) in [6.45, 7) is 3.51. The van der Waals surface area contributed by atoms with Gasteiger partial charge >= 0.3 is 0 Å². The highest BCUT2D eigenvalue weighted by atomic mass is 16.5. The van der Waals surface area contributed by atoms with Crippen LogP contribution >= 0.6 is 0 Å². The van der Waals surface area contributed by atoms with E-state index in [0.717, 1.165) is 17.9 Å². The number of likely N-dealkylation sites (N-methyl/N-ethyl adjacent to an activating group) is 1. The van der Waals surface area contributed by atoms with E-state index < -0.39 is 6.10 Å². The summed E-state index contributed by atoms with van der Waals surface area (Å²) < 4.78 is 10.5. The number of hydrogen-bond acceptors (Lipinski definition) is 5. The van der Waals surface area contributed by atoms with E-state index in [9.17, 15) is 5.11 Å². The molecule has 1 aromatic rings. The molecule has 0 aromatic heterocycles. The Balaban J connectivity index is 2.72. The van der Waals surface area contributed by atoms with E-state index in [4.69, 9.17) is 15.2 Å². The normalized spacial score (nSPS) is 12.2. The van der Waals surface area contributed by atoms with Crippen LogP contribution in [0.15, 0.2) is 18.2 Å². The first kappa shape index (κ1) is 15.6. The zero-order valence-corrected chi connectivity index (χ0v) is 11.9. The molecule has 0 heterocycles. The molecule has 0 amide bonds. The predicted octanol–water partition coefficient (Wildman–Crippen LogP) is 1.50. The lowest BCUT2D eigenvalue weighted by Gasteiger charge is -2.23. The standard InChI is InChI=1S/C14H24N2O3/c1-4-5-19-14-7-11(15)6-12(8-14)16(2)9-13(17)10-18-3/h6-8,13,17H,4-5,9-10,15H2,1-3H3. The molecule has 0 radical (unpaired) electrons. The minimum absolute atomic E-state index is 0.311. The van der Waals surface area contributed by atoms with Crippen molar-refractivity contribution in [3.63, 3.8) is 0 Å². The van der Waals surface area contributed by atoms with Crippen LogP contribution in [-0.4, -0.2) is 45.1 Å². The average Bonchev–Trinajstić information content (AvgIpc) is 2.36. The molecule has 0 saturated heterocycles. The number of rotatable bonds is 8. The molecule has 0 spiro atoms. The minimum atomic E-state index is -0.531. The molecule has 0 aliphatic rings. The Morgan fingerprint density at radius 1 is 1.37 bits per heavy atom. The Hall–Kier alpha value is -1.46.